The zero-order chi connectivity index (χ0) is 16.9. The van der Waals surface area contributed by atoms with Crippen LogP contribution >= 0.6 is 0 Å². The Hall–Kier alpha value is -1.07. The fourth-order valence-corrected chi connectivity index (χ4v) is 7.23. The van der Waals surface area contributed by atoms with Crippen LogP contribution in [-0.2, 0) is 10.0 Å². The summed E-state index contributed by atoms with van der Waals surface area (Å²) in [6.07, 6.45) is 7.72. The van der Waals surface area contributed by atoms with Crippen LogP contribution in [0.25, 0.3) is 0 Å². The average molecular weight is 349 g/mol. The highest BCUT2D eigenvalue weighted by Gasteiger charge is 2.53. The number of rotatable bonds is 5. The first-order chi connectivity index (χ1) is 11.4. The third kappa shape index (κ3) is 2.76. The molecule has 0 amide bonds. The summed E-state index contributed by atoms with van der Waals surface area (Å²) in [6, 6.07) is 6.63. The van der Waals surface area contributed by atoms with Gasteiger partial charge in [-0.3, -0.25) is 0 Å². The summed E-state index contributed by atoms with van der Waals surface area (Å²) in [6.45, 7) is 2.08. The Kier molecular flexibility index (Phi) is 3.92. The third-order valence-corrected chi connectivity index (χ3v) is 8.26. The van der Waals surface area contributed by atoms with E-state index in [4.69, 9.17) is 4.74 Å². The van der Waals surface area contributed by atoms with Gasteiger partial charge in [0, 0.05) is 6.04 Å². The molecule has 0 spiro atoms. The van der Waals surface area contributed by atoms with Gasteiger partial charge < -0.3 is 4.74 Å². The molecule has 1 N–H and O–H groups in total. The van der Waals surface area contributed by atoms with Crippen LogP contribution in [0.3, 0.4) is 0 Å². The Morgan fingerprint density at radius 2 is 1.54 bits per heavy atom. The summed E-state index contributed by atoms with van der Waals surface area (Å²) in [5, 5.41) is 0. The van der Waals surface area contributed by atoms with Gasteiger partial charge in [-0.2, -0.15) is 0 Å². The van der Waals surface area contributed by atoms with Crippen LogP contribution in [0.1, 0.15) is 45.4 Å². The number of hydrogen-bond acceptors (Lipinski definition) is 3. The fraction of sp³-hybridized carbons (Fsp3) is 0.684. The SMILES string of the molecule is COc1ccc(S(=O)(=O)N[C@H](C)C23CC4CC(CC(C4)C2)C3)cc1. The molecule has 4 saturated carbocycles. The summed E-state index contributed by atoms with van der Waals surface area (Å²) in [5.41, 5.74) is 0.175. The largest absolute Gasteiger partial charge is 0.497 e. The number of benzene rings is 1. The minimum absolute atomic E-state index is 0.00185. The highest BCUT2D eigenvalue weighted by Crippen LogP contribution is 2.61. The van der Waals surface area contributed by atoms with Crippen molar-refractivity contribution >= 4 is 10.0 Å². The van der Waals surface area contributed by atoms with Gasteiger partial charge in [-0.05, 0) is 92.9 Å². The minimum Gasteiger partial charge on any atom is -0.497 e. The lowest BCUT2D eigenvalue weighted by atomic mass is 9.48. The van der Waals surface area contributed by atoms with E-state index in [9.17, 15) is 8.42 Å². The molecule has 0 aliphatic heterocycles. The van der Waals surface area contributed by atoms with Gasteiger partial charge in [0.2, 0.25) is 10.0 Å². The fourth-order valence-electron chi connectivity index (χ4n) is 5.89. The van der Waals surface area contributed by atoms with E-state index in [0.717, 1.165) is 17.8 Å². The molecule has 0 saturated heterocycles. The zero-order valence-electron chi connectivity index (χ0n) is 14.5. The Morgan fingerprint density at radius 1 is 1.04 bits per heavy atom. The van der Waals surface area contributed by atoms with Crippen molar-refractivity contribution in [1.82, 2.24) is 4.72 Å². The molecule has 0 heterocycles. The van der Waals surface area contributed by atoms with Crippen molar-refractivity contribution in [3.63, 3.8) is 0 Å². The van der Waals surface area contributed by atoms with E-state index in [0.29, 0.717) is 10.6 Å². The molecule has 4 aliphatic rings. The van der Waals surface area contributed by atoms with Crippen molar-refractivity contribution < 1.29 is 13.2 Å². The molecule has 0 unspecified atom stereocenters. The van der Waals surface area contributed by atoms with Crippen LogP contribution in [-0.4, -0.2) is 21.6 Å². The van der Waals surface area contributed by atoms with E-state index in [2.05, 4.69) is 11.6 Å². The molecule has 132 valence electrons. The lowest BCUT2D eigenvalue weighted by Crippen LogP contribution is -2.55. The summed E-state index contributed by atoms with van der Waals surface area (Å²) in [5.74, 6) is 3.14. The molecular weight excluding hydrogens is 322 g/mol. The maximum atomic E-state index is 12.8. The van der Waals surface area contributed by atoms with Crippen LogP contribution in [0.2, 0.25) is 0 Å². The molecule has 4 nitrogen and oxygen atoms in total. The van der Waals surface area contributed by atoms with Crippen molar-refractivity contribution in [2.45, 2.75) is 56.4 Å². The van der Waals surface area contributed by atoms with E-state index in [1.165, 1.54) is 38.5 Å². The molecule has 5 heteroatoms. The first-order valence-electron chi connectivity index (χ1n) is 9.06. The standard InChI is InChI=1S/C19H27NO3S/c1-13(19-10-14-7-15(11-19)9-16(8-14)12-19)20-24(21,22)18-5-3-17(23-2)4-6-18/h3-6,13-16,20H,7-12H2,1-2H3/t13-,14?,15?,16?,19?/m1/s1. The first kappa shape index (κ1) is 16.4. The van der Waals surface area contributed by atoms with E-state index < -0.39 is 10.0 Å². The molecule has 1 aromatic carbocycles. The van der Waals surface area contributed by atoms with Gasteiger partial charge in [-0.25, -0.2) is 13.1 Å². The molecule has 4 fully saturated rings. The third-order valence-electron chi connectivity index (χ3n) is 6.71. The van der Waals surface area contributed by atoms with Crippen LogP contribution in [0.5, 0.6) is 5.75 Å². The lowest BCUT2D eigenvalue weighted by Gasteiger charge is -2.59. The second-order valence-electron chi connectivity index (χ2n) is 8.30. The monoisotopic (exact) mass is 349 g/mol. The Labute approximate surface area is 145 Å². The van der Waals surface area contributed by atoms with Gasteiger partial charge in [-0.1, -0.05) is 0 Å². The summed E-state index contributed by atoms with van der Waals surface area (Å²) >= 11 is 0. The number of ether oxygens (including phenoxy) is 1. The highest BCUT2D eigenvalue weighted by molar-refractivity contribution is 7.89. The van der Waals surface area contributed by atoms with Crippen LogP contribution in [0, 0.1) is 23.2 Å². The lowest BCUT2D eigenvalue weighted by molar-refractivity contribution is -0.0666. The predicted molar refractivity (Wildman–Crippen MR) is 93.4 cm³/mol. The Balaban J connectivity index is 1.53. The van der Waals surface area contributed by atoms with Crippen molar-refractivity contribution in [2.75, 3.05) is 7.11 Å². The Morgan fingerprint density at radius 3 is 2.00 bits per heavy atom. The first-order valence-corrected chi connectivity index (χ1v) is 10.5. The van der Waals surface area contributed by atoms with Gasteiger partial charge in [0.1, 0.15) is 5.75 Å². The van der Waals surface area contributed by atoms with Gasteiger partial charge >= 0.3 is 0 Å². The molecule has 4 bridgehead atoms. The number of methoxy groups -OCH3 is 1. The zero-order valence-corrected chi connectivity index (χ0v) is 15.3. The van der Waals surface area contributed by atoms with Crippen molar-refractivity contribution in [2.24, 2.45) is 23.2 Å². The average Bonchev–Trinajstić information content (AvgIpc) is 2.53. The van der Waals surface area contributed by atoms with Crippen LogP contribution < -0.4 is 9.46 Å². The van der Waals surface area contributed by atoms with Gasteiger partial charge in [0.25, 0.3) is 0 Å². The molecule has 24 heavy (non-hydrogen) atoms. The van der Waals surface area contributed by atoms with E-state index >= 15 is 0 Å². The molecule has 0 radical (unpaired) electrons. The summed E-state index contributed by atoms with van der Waals surface area (Å²) < 4.78 is 33.7. The molecule has 4 aliphatic carbocycles. The van der Waals surface area contributed by atoms with Crippen molar-refractivity contribution in [1.29, 1.82) is 0 Å². The summed E-state index contributed by atoms with van der Waals surface area (Å²) in [4.78, 5) is 0.319. The maximum Gasteiger partial charge on any atom is 0.240 e. The van der Waals surface area contributed by atoms with Crippen molar-refractivity contribution in [3.05, 3.63) is 24.3 Å². The molecular formula is C19H27NO3S. The molecule has 1 aromatic rings. The normalized spacial score (nSPS) is 35.8. The maximum absolute atomic E-state index is 12.8. The second-order valence-corrected chi connectivity index (χ2v) is 10.0. The number of hydrogen-bond donors (Lipinski definition) is 1. The van der Waals surface area contributed by atoms with E-state index in [-0.39, 0.29) is 11.5 Å². The van der Waals surface area contributed by atoms with Gasteiger partial charge in [0.15, 0.2) is 0 Å². The van der Waals surface area contributed by atoms with Crippen LogP contribution in [0.4, 0.5) is 0 Å². The Bertz CT molecular complexity index is 675. The van der Waals surface area contributed by atoms with E-state index in [1.54, 1.807) is 31.4 Å². The molecule has 5 rings (SSSR count). The van der Waals surface area contributed by atoms with Crippen LogP contribution in [0.15, 0.2) is 29.2 Å². The number of nitrogens with one attached hydrogen (secondary N) is 1. The second kappa shape index (κ2) is 5.73. The molecule has 0 aromatic heterocycles. The molecule has 1 atom stereocenters. The predicted octanol–water partition coefficient (Wildman–Crippen LogP) is 3.58. The topological polar surface area (TPSA) is 55.4 Å². The van der Waals surface area contributed by atoms with Gasteiger partial charge in [0.05, 0.1) is 12.0 Å². The minimum atomic E-state index is -3.48. The summed E-state index contributed by atoms with van der Waals surface area (Å²) in [7, 11) is -1.90. The van der Waals surface area contributed by atoms with E-state index in [1.807, 2.05) is 0 Å². The quantitative estimate of drug-likeness (QED) is 0.884. The van der Waals surface area contributed by atoms with Gasteiger partial charge in [-0.15, -0.1) is 0 Å². The highest BCUT2D eigenvalue weighted by atomic mass is 32.2. The number of sulfonamides is 1. The van der Waals surface area contributed by atoms with Crippen molar-refractivity contribution in [3.8, 4) is 5.75 Å². The smallest absolute Gasteiger partial charge is 0.240 e.